The third kappa shape index (κ3) is 3.75. The summed E-state index contributed by atoms with van der Waals surface area (Å²) >= 11 is 0. The first kappa shape index (κ1) is 23.6. The summed E-state index contributed by atoms with van der Waals surface area (Å²) in [5.74, 6) is 0.407. The number of nitrogens with zero attached hydrogens (tertiary/aromatic N) is 5. The Bertz CT molecular complexity index is 1680. The first-order chi connectivity index (χ1) is 18.6. The number of para-hydroxylation sites is 1. The molecule has 0 amide bonds. The quantitative estimate of drug-likeness (QED) is 0.413. The lowest BCUT2D eigenvalue weighted by atomic mass is 9.87. The van der Waals surface area contributed by atoms with E-state index in [-0.39, 0.29) is 18.2 Å². The summed E-state index contributed by atoms with van der Waals surface area (Å²) in [5.41, 5.74) is 3.31. The normalized spacial score (nSPS) is 18.4. The predicted molar refractivity (Wildman–Crippen MR) is 146 cm³/mol. The molecule has 0 fully saturated rings. The van der Waals surface area contributed by atoms with Gasteiger partial charge in [0.05, 0.1) is 41.9 Å². The Hall–Kier alpha value is -4.79. The highest BCUT2D eigenvalue weighted by Gasteiger charge is 2.36. The second-order valence-electron chi connectivity index (χ2n) is 9.14. The van der Waals surface area contributed by atoms with E-state index >= 15 is 0 Å². The molecule has 190 valence electrons. The number of dihydropyridines is 1. The van der Waals surface area contributed by atoms with E-state index < -0.39 is 12.0 Å². The Morgan fingerprint density at radius 3 is 2.50 bits per heavy atom. The van der Waals surface area contributed by atoms with Crippen LogP contribution >= 0.6 is 0 Å². The molecule has 0 saturated carbocycles. The van der Waals surface area contributed by atoms with Crippen LogP contribution in [0, 0.1) is 0 Å². The third-order valence-electron chi connectivity index (χ3n) is 6.80. The molecule has 4 aromatic rings. The van der Waals surface area contributed by atoms with Crippen LogP contribution in [0.4, 0.5) is 5.82 Å². The number of fused-ring (bicyclic) bond motifs is 3. The molecule has 1 N–H and O–H groups in total. The molecule has 2 aliphatic heterocycles. The van der Waals surface area contributed by atoms with Gasteiger partial charge in [-0.25, -0.2) is 18.6 Å². The van der Waals surface area contributed by atoms with Crippen LogP contribution in [0.5, 0.6) is 0 Å². The second kappa shape index (κ2) is 9.59. The van der Waals surface area contributed by atoms with Crippen molar-refractivity contribution in [2.45, 2.75) is 25.8 Å². The van der Waals surface area contributed by atoms with E-state index in [4.69, 9.17) is 4.74 Å². The van der Waals surface area contributed by atoms with Crippen molar-refractivity contribution in [1.82, 2.24) is 19.2 Å². The van der Waals surface area contributed by atoms with Gasteiger partial charge >= 0.3 is 11.7 Å². The van der Waals surface area contributed by atoms with Crippen molar-refractivity contribution >= 4 is 29.2 Å². The van der Waals surface area contributed by atoms with Crippen LogP contribution in [0.2, 0.25) is 0 Å². The fourth-order valence-corrected chi connectivity index (χ4v) is 5.15. The van der Waals surface area contributed by atoms with Crippen molar-refractivity contribution in [2.75, 3.05) is 18.5 Å². The minimum absolute atomic E-state index is 0.214. The van der Waals surface area contributed by atoms with Crippen LogP contribution in [0.15, 0.2) is 88.2 Å². The van der Waals surface area contributed by atoms with Crippen LogP contribution in [-0.2, 0) is 9.53 Å². The Morgan fingerprint density at radius 2 is 1.82 bits per heavy atom. The number of hydrogen-bond donors (Lipinski definition) is 1. The number of ether oxygens (including phenoxy) is 1. The zero-order chi connectivity index (χ0) is 26.2. The highest BCUT2D eigenvalue weighted by molar-refractivity contribution is 6.08. The molecule has 2 aromatic carbocycles. The topological polar surface area (TPSA) is 103 Å². The SMILES string of the molecule is CCOC(=O)C1=C(c2ccccc2)c2c(n(-c3ccccc3)c(=O)n3c(C4C=CC=NC4)nnc23)NC1C. The smallest absolute Gasteiger partial charge is 0.341 e. The minimum atomic E-state index is -0.438. The molecule has 6 rings (SSSR count). The van der Waals surface area contributed by atoms with E-state index in [0.717, 1.165) is 5.56 Å². The molecular weight excluding hydrogens is 480 g/mol. The lowest BCUT2D eigenvalue weighted by Gasteiger charge is -2.31. The lowest BCUT2D eigenvalue weighted by molar-refractivity contribution is -0.138. The Labute approximate surface area is 218 Å². The van der Waals surface area contributed by atoms with Crippen LogP contribution in [0.3, 0.4) is 0 Å². The molecule has 0 aliphatic carbocycles. The molecule has 9 heteroatoms. The number of esters is 1. The zero-order valence-corrected chi connectivity index (χ0v) is 21.0. The number of hydrogen-bond acceptors (Lipinski definition) is 7. The van der Waals surface area contributed by atoms with Crippen molar-refractivity contribution in [2.24, 2.45) is 4.99 Å². The van der Waals surface area contributed by atoms with Gasteiger partial charge in [-0.15, -0.1) is 10.2 Å². The van der Waals surface area contributed by atoms with Gasteiger partial charge in [-0.1, -0.05) is 54.6 Å². The Morgan fingerprint density at radius 1 is 1.08 bits per heavy atom. The fraction of sp³-hybridized carbons (Fsp3) is 0.207. The molecule has 0 radical (unpaired) electrons. The van der Waals surface area contributed by atoms with E-state index in [1.165, 1.54) is 0 Å². The molecule has 2 aliphatic rings. The first-order valence-electron chi connectivity index (χ1n) is 12.6. The first-order valence-corrected chi connectivity index (χ1v) is 12.6. The van der Waals surface area contributed by atoms with Crippen molar-refractivity contribution in [3.63, 3.8) is 0 Å². The average Bonchev–Trinajstić information content (AvgIpc) is 3.40. The fourth-order valence-electron chi connectivity index (χ4n) is 5.15. The van der Waals surface area contributed by atoms with Gasteiger partial charge < -0.3 is 10.1 Å². The van der Waals surface area contributed by atoms with Crippen molar-refractivity contribution < 1.29 is 9.53 Å². The van der Waals surface area contributed by atoms with Gasteiger partial charge in [0, 0.05) is 11.8 Å². The summed E-state index contributed by atoms with van der Waals surface area (Å²) in [6.07, 6.45) is 5.55. The largest absolute Gasteiger partial charge is 0.463 e. The molecule has 0 spiro atoms. The van der Waals surface area contributed by atoms with E-state index in [2.05, 4.69) is 20.5 Å². The molecule has 0 saturated heterocycles. The van der Waals surface area contributed by atoms with E-state index in [9.17, 15) is 9.59 Å². The minimum Gasteiger partial charge on any atom is -0.463 e. The standard InChI is InChI=1S/C29H26N6O3/c1-3-38-28(36)22-18(2)31-26-24(23(22)19-11-6-4-7-12-19)27-33-32-25(20-13-10-16-30-17-20)35(27)29(37)34(26)21-14-8-5-9-15-21/h4-16,18,20,31H,3,17H2,1-2H3. The van der Waals surface area contributed by atoms with Gasteiger partial charge in [-0.3, -0.25) is 4.99 Å². The molecule has 9 nitrogen and oxygen atoms in total. The Balaban J connectivity index is 1.77. The number of nitrogens with one attached hydrogen (secondary N) is 1. The van der Waals surface area contributed by atoms with Crippen LogP contribution in [-0.4, -0.2) is 50.5 Å². The predicted octanol–water partition coefficient (Wildman–Crippen LogP) is 3.78. The number of aliphatic imine (C=N–C) groups is 1. The summed E-state index contributed by atoms with van der Waals surface area (Å²) in [6, 6.07) is 18.6. The second-order valence-corrected chi connectivity index (χ2v) is 9.14. The number of allylic oxidation sites excluding steroid dienone is 1. The number of anilines is 1. The van der Waals surface area contributed by atoms with E-state index in [0.29, 0.717) is 46.2 Å². The molecule has 0 bridgehead atoms. The molecule has 2 unspecified atom stereocenters. The van der Waals surface area contributed by atoms with E-state index in [1.54, 1.807) is 22.1 Å². The maximum Gasteiger partial charge on any atom is 0.341 e. The third-order valence-corrected chi connectivity index (χ3v) is 6.80. The van der Waals surface area contributed by atoms with E-state index in [1.807, 2.05) is 79.7 Å². The Kier molecular flexibility index (Phi) is 5.95. The molecule has 38 heavy (non-hydrogen) atoms. The summed E-state index contributed by atoms with van der Waals surface area (Å²) in [6.45, 7) is 4.38. The highest BCUT2D eigenvalue weighted by Crippen LogP contribution is 2.41. The zero-order valence-electron chi connectivity index (χ0n) is 21.0. The summed E-state index contributed by atoms with van der Waals surface area (Å²) in [5, 5.41) is 12.4. The summed E-state index contributed by atoms with van der Waals surface area (Å²) < 4.78 is 8.67. The summed E-state index contributed by atoms with van der Waals surface area (Å²) in [7, 11) is 0. The van der Waals surface area contributed by atoms with Gasteiger partial charge in [0.15, 0.2) is 11.5 Å². The number of benzene rings is 2. The number of rotatable bonds is 5. The van der Waals surface area contributed by atoms with Gasteiger partial charge in [0.2, 0.25) is 0 Å². The molecular formula is C29H26N6O3. The van der Waals surface area contributed by atoms with Crippen molar-refractivity contribution in [3.8, 4) is 5.69 Å². The van der Waals surface area contributed by atoms with Crippen LogP contribution in [0.1, 0.15) is 36.7 Å². The maximum atomic E-state index is 14.2. The molecule has 2 aromatic heterocycles. The maximum absolute atomic E-state index is 14.2. The van der Waals surface area contributed by atoms with Gasteiger partial charge in [-0.2, -0.15) is 0 Å². The monoisotopic (exact) mass is 506 g/mol. The molecule has 2 atom stereocenters. The number of aromatic nitrogens is 4. The van der Waals surface area contributed by atoms with Crippen LogP contribution < -0.4 is 11.0 Å². The average molecular weight is 507 g/mol. The lowest BCUT2D eigenvalue weighted by Crippen LogP contribution is -2.37. The van der Waals surface area contributed by atoms with Crippen LogP contribution in [0.25, 0.3) is 16.9 Å². The highest BCUT2D eigenvalue weighted by atomic mass is 16.5. The number of carbonyl (C=O) groups excluding carboxylic acids is 1. The number of carbonyl (C=O) groups is 1. The molecule has 4 heterocycles. The van der Waals surface area contributed by atoms with Gasteiger partial charge in [-0.05, 0) is 37.6 Å². The van der Waals surface area contributed by atoms with Gasteiger partial charge in [0.1, 0.15) is 5.82 Å². The van der Waals surface area contributed by atoms with Crippen molar-refractivity contribution in [1.29, 1.82) is 0 Å². The summed E-state index contributed by atoms with van der Waals surface area (Å²) in [4.78, 5) is 31.9. The van der Waals surface area contributed by atoms with Gasteiger partial charge in [0.25, 0.3) is 0 Å². The van der Waals surface area contributed by atoms with Crippen molar-refractivity contribution in [3.05, 3.63) is 106 Å².